The highest BCUT2D eigenvalue weighted by atomic mass is 35.5. The molecule has 0 spiro atoms. The summed E-state index contributed by atoms with van der Waals surface area (Å²) in [4.78, 5) is 17.2. The smallest absolute Gasteiger partial charge is 0.403 e. The highest BCUT2D eigenvalue weighted by molar-refractivity contribution is 6.31. The van der Waals surface area contributed by atoms with Crippen LogP contribution >= 0.6 is 23.2 Å². The zero-order chi connectivity index (χ0) is 30.3. The van der Waals surface area contributed by atoms with E-state index < -0.39 is 49.3 Å². The lowest BCUT2D eigenvalue weighted by Gasteiger charge is -2.15. The Morgan fingerprint density at radius 1 is 0.976 bits per heavy atom. The van der Waals surface area contributed by atoms with Crippen LogP contribution in [0.3, 0.4) is 0 Å². The summed E-state index contributed by atoms with van der Waals surface area (Å²) in [7, 11) is 0. The van der Waals surface area contributed by atoms with E-state index in [0.29, 0.717) is 14.3 Å². The van der Waals surface area contributed by atoms with Crippen molar-refractivity contribution in [1.82, 2.24) is 29.1 Å². The Labute approximate surface area is 235 Å². The monoisotopic (exact) mass is 626 g/mol. The molecule has 41 heavy (non-hydrogen) atoms. The molecular weight excluding hydrogens is 609 g/mol. The molecule has 2 aromatic heterocycles. The summed E-state index contributed by atoms with van der Waals surface area (Å²) in [5, 5.41) is 28.2. The molecule has 4 aromatic rings. The molecule has 0 aliphatic heterocycles. The van der Waals surface area contributed by atoms with Crippen molar-refractivity contribution in [3.8, 4) is 22.8 Å². The first-order chi connectivity index (χ1) is 19.0. The van der Waals surface area contributed by atoms with Crippen LogP contribution < -0.4 is 10.4 Å². The summed E-state index contributed by atoms with van der Waals surface area (Å²) < 4.78 is 84.6. The lowest BCUT2D eigenvalue weighted by Crippen LogP contribution is -2.37. The van der Waals surface area contributed by atoms with E-state index in [9.17, 15) is 41.4 Å². The average molecular weight is 627 g/mol. The maximum atomic E-state index is 13.1. The maximum Gasteiger partial charge on any atom is 0.573 e. The number of nitrogens with zero attached hydrogens (tertiary/aromatic N) is 6. The Morgan fingerprint density at radius 3 is 2.20 bits per heavy atom. The average Bonchev–Trinajstić information content (AvgIpc) is 3.40. The van der Waals surface area contributed by atoms with E-state index in [-0.39, 0.29) is 33.7 Å². The number of ether oxygens (including phenoxy) is 1. The van der Waals surface area contributed by atoms with Crippen LogP contribution in [0.4, 0.5) is 26.3 Å². The standard InChI is InChI=1S/C23H18Cl2F6N6O4/c1-11(38)19-32-18(33-37(19)15-7-6-14(25)8-16(15)41-23(29,30)31)10-36-21(40)35(9-17(39)22(26,27)28)20(34-36)12-2-4-13(24)5-3-12/h2-8,11,17,38-39H,9-10H2,1H3/t11-,17-/m0/s1. The van der Waals surface area contributed by atoms with E-state index >= 15 is 0 Å². The summed E-state index contributed by atoms with van der Waals surface area (Å²) >= 11 is 11.7. The maximum absolute atomic E-state index is 13.1. The van der Waals surface area contributed by atoms with Gasteiger partial charge in [0.25, 0.3) is 0 Å². The van der Waals surface area contributed by atoms with Crippen LogP contribution in [-0.4, -0.2) is 58.0 Å². The Hall–Kier alpha value is -3.60. The first-order valence-electron chi connectivity index (χ1n) is 11.4. The molecule has 0 aliphatic rings. The van der Waals surface area contributed by atoms with Crippen LogP contribution in [0, 0.1) is 0 Å². The van der Waals surface area contributed by atoms with Gasteiger partial charge in [0.1, 0.15) is 18.3 Å². The molecule has 0 saturated heterocycles. The van der Waals surface area contributed by atoms with Crippen LogP contribution in [0.5, 0.6) is 5.75 Å². The fourth-order valence-corrected chi connectivity index (χ4v) is 3.97. The van der Waals surface area contributed by atoms with Crippen LogP contribution in [0.15, 0.2) is 47.3 Å². The number of hydrogen-bond donors (Lipinski definition) is 2. The van der Waals surface area contributed by atoms with E-state index in [0.717, 1.165) is 16.8 Å². The number of aromatic nitrogens is 6. The van der Waals surface area contributed by atoms with Crippen molar-refractivity contribution in [3.63, 3.8) is 0 Å². The van der Waals surface area contributed by atoms with Gasteiger partial charge in [-0.1, -0.05) is 23.2 Å². The van der Waals surface area contributed by atoms with Gasteiger partial charge in [-0.3, -0.25) is 4.57 Å². The van der Waals surface area contributed by atoms with E-state index in [1.54, 1.807) is 0 Å². The number of alkyl halides is 6. The number of halogens is 8. The fraction of sp³-hybridized carbons (Fsp3) is 0.304. The lowest BCUT2D eigenvalue weighted by atomic mass is 10.2. The zero-order valence-corrected chi connectivity index (χ0v) is 22.0. The molecule has 0 amide bonds. The highest BCUT2D eigenvalue weighted by Gasteiger charge is 2.39. The minimum Gasteiger partial charge on any atom is -0.403 e. The molecule has 2 aromatic carbocycles. The summed E-state index contributed by atoms with van der Waals surface area (Å²) in [6.07, 6.45) is -14.4. The minimum atomic E-state index is -5.10. The molecule has 0 saturated carbocycles. The summed E-state index contributed by atoms with van der Waals surface area (Å²) in [6, 6.07) is 8.85. The van der Waals surface area contributed by atoms with E-state index in [1.807, 2.05) is 0 Å². The van der Waals surface area contributed by atoms with Crippen molar-refractivity contribution < 1.29 is 41.3 Å². The Bertz CT molecular complexity index is 1600. The predicted molar refractivity (Wildman–Crippen MR) is 132 cm³/mol. The third-order valence-electron chi connectivity index (χ3n) is 5.48. The number of aliphatic hydroxyl groups excluding tert-OH is 2. The molecule has 2 atom stereocenters. The molecule has 18 heteroatoms. The Kier molecular flexibility index (Phi) is 8.40. The lowest BCUT2D eigenvalue weighted by molar-refractivity contribution is -0.274. The number of hydrogen-bond acceptors (Lipinski definition) is 7. The molecule has 4 rings (SSSR count). The van der Waals surface area contributed by atoms with Crippen molar-refractivity contribution in [2.75, 3.05) is 0 Å². The van der Waals surface area contributed by atoms with Gasteiger partial charge >= 0.3 is 18.2 Å². The SMILES string of the molecule is C[C@H](O)c1nc(Cn2nc(-c3ccc(Cl)cc3)n(C[C@H](O)C(F)(F)F)c2=O)nn1-c1ccc(Cl)cc1OC(F)(F)F. The molecule has 2 N–H and O–H groups in total. The summed E-state index contributed by atoms with van der Waals surface area (Å²) in [5.41, 5.74) is -1.20. The molecule has 0 bridgehead atoms. The van der Waals surface area contributed by atoms with Gasteiger partial charge in [-0.2, -0.15) is 13.2 Å². The third kappa shape index (κ3) is 7.01. The van der Waals surface area contributed by atoms with Gasteiger partial charge in [-0.25, -0.2) is 19.1 Å². The normalized spacial score (nSPS) is 13.8. The molecule has 0 unspecified atom stereocenters. The predicted octanol–water partition coefficient (Wildman–Crippen LogP) is 4.52. The molecule has 2 heterocycles. The minimum absolute atomic E-state index is 0.0974. The van der Waals surface area contributed by atoms with E-state index in [4.69, 9.17) is 23.2 Å². The number of aliphatic hydroxyl groups is 2. The van der Waals surface area contributed by atoms with Gasteiger partial charge in [0.05, 0.1) is 6.54 Å². The second-order valence-electron chi connectivity index (χ2n) is 8.57. The molecule has 0 radical (unpaired) electrons. The van der Waals surface area contributed by atoms with Gasteiger partial charge in [-0.15, -0.1) is 23.4 Å². The van der Waals surface area contributed by atoms with Crippen molar-refractivity contribution in [2.45, 2.75) is 44.8 Å². The zero-order valence-electron chi connectivity index (χ0n) is 20.5. The Balaban J connectivity index is 1.79. The van der Waals surface area contributed by atoms with Crippen molar-refractivity contribution in [2.24, 2.45) is 0 Å². The highest BCUT2D eigenvalue weighted by Crippen LogP contribution is 2.33. The van der Waals surface area contributed by atoms with Crippen LogP contribution in [0.2, 0.25) is 10.0 Å². The van der Waals surface area contributed by atoms with Crippen LogP contribution in [0.25, 0.3) is 17.1 Å². The molecule has 220 valence electrons. The largest absolute Gasteiger partial charge is 0.573 e. The third-order valence-corrected chi connectivity index (χ3v) is 5.96. The fourth-order valence-electron chi connectivity index (χ4n) is 3.68. The van der Waals surface area contributed by atoms with E-state index in [1.165, 1.54) is 37.3 Å². The quantitative estimate of drug-likeness (QED) is 0.276. The van der Waals surface area contributed by atoms with Crippen molar-refractivity contribution in [3.05, 3.63) is 74.6 Å². The van der Waals surface area contributed by atoms with Crippen molar-refractivity contribution in [1.29, 1.82) is 0 Å². The summed E-state index contributed by atoms with van der Waals surface area (Å²) in [6.45, 7) is -0.517. The second-order valence-corrected chi connectivity index (χ2v) is 9.45. The Morgan fingerprint density at radius 2 is 1.61 bits per heavy atom. The van der Waals surface area contributed by atoms with Gasteiger partial charge in [0, 0.05) is 21.7 Å². The van der Waals surface area contributed by atoms with Gasteiger partial charge in [0.15, 0.2) is 29.3 Å². The van der Waals surface area contributed by atoms with Crippen LogP contribution in [0.1, 0.15) is 24.7 Å². The second kappa shape index (κ2) is 11.3. The van der Waals surface area contributed by atoms with Crippen molar-refractivity contribution >= 4 is 23.2 Å². The van der Waals surface area contributed by atoms with Gasteiger partial charge in [-0.05, 0) is 43.3 Å². The topological polar surface area (TPSA) is 120 Å². The first-order valence-corrected chi connectivity index (χ1v) is 12.2. The van der Waals surface area contributed by atoms with Gasteiger partial charge in [0.2, 0.25) is 0 Å². The number of rotatable bonds is 8. The summed E-state index contributed by atoms with van der Waals surface area (Å²) in [5.74, 6) is -1.52. The molecule has 0 aliphatic carbocycles. The number of benzene rings is 2. The molecule has 10 nitrogen and oxygen atoms in total. The van der Waals surface area contributed by atoms with E-state index in [2.05, 4.69) is 19.9 Å². The molecule has 0 fully saturated rings. The molecular formula is C23H18Cl2F6N6O4. The first kappa shape index (κ1) is 30.4. The van der Waals surface area contributed by atoms with Gasteiger partial charge < -0.3 is 14.9 Å². The van der Waals surface area contributed by atoms with Crippen LogP contribution in [-0.2, 0) is 13.1 Å².